The highest BCUT2D eigenvalue weighted by atomic mass is 32.1. The summed E-state index contributed by atoms with van der Waals surface area (Å²) in [5.41, 5.74) is 11.9. The molecule has 0 saturated heterocycles. The van der Waals surface area contributed by atoms with E-state index in [1.54, 1.807) is 11.3 Å². The van der Waals surface area contributed by atoms with Gasteiger partial charge in [0.15, 0.2) is 0 Å². The first kappa shape index (κ1) is 10.7. The van der Waals surface area contributed by atoms with E-state index in [2.05, 4.69) is 25.3 Å². The molecule has 2 nitrogen and oxygen atoms in total. The van der Waals surface area contributed by atoms with Crippen LogP contribution in [0.1, 0.15) is 31.2 Å². The van der Waals surface area contributed by atoms with Crippen LogP contribution in [-0.4, -0.2) is 6.54 Å². The predicted octanol–water partition coefficient (Wildman–Crippen LogP) is 2.12. The van der Waals surface area contributed by atoms with E-state index < -0.39 is 0 Å². The molecule has 1 aromatic rings. The molecular formula is C10H18N2S. The van der Waals surface area contributed by atoms with E-state index >= 15 is 0 Å². The summed E-state index contributed by atoms with van der Waals surface area (Å²) in [5, 5.41) is 2.06. The molecule has 0 saturated carbocycles. The van der Waals surface area contributed by atoms with Crippen molar-refractivity contribution in [3.05, 3.63) is 22.4 Å². The highest BCUT2D eigenvalue weighted by molar-refractivity contribution is 7.10. The number of nitrogens with two attached hydrogens (primary N) is 2. The van der Waals surface area contributed by atoms with Crippen molar-refractivity contribution in [1.82, 2.24) is 0 Å². The van der Waals surface area contributed by atoms with Gasteiger partial charge >= 0.3 is 0 Å². The van der Waals surface area contributed by atoms with Gasteiger partial charge in [-0.2, -0.15) is 0 Å². The third-order valence-corrected chi connectivity index (χ3v) is 3.24. The maximum atomic E-state index is 6.06. The predicted molar refractivity (Wildman–Crippen MR) is 58.7 cm³/mol. The van der Waals surface area contributed by atoms with Gasteiger partial charge in [0, 0.05) is 10.9 Å². The Labute approximate surface area is 83.9 Å². The lowest BCUT2D eigenvalue weighted by atomic mass is 9.86. The van der Waals surface area contributed by atoms with Crippen LogP contribution in [0.3, 0.4) is 0 Å². The fourth-order valence-corrected chi connectivity index (χ4v) is 2.01. The average Bonchev–Trinajstić information content (AvgIpc) is 2.55. The molecule has 3 heteroatoms. The second kappa shape index (κ2) is 4.22. The molecule has 74 valence electrons. The van der Waals surface area contributed by atoms with Crippen molar-refractivity contribution in [2.24, 2.45) is 16.9 Å². The zero-order valence-corrected chi connectivity index (χ0v) is 9.10. The molecule has 1 rings (SSSR count). The van der Waals surface area contributed by atoms with E-state index in [1.807, 2.05) is 6.07 Å². The van der Waals surface area contributed by atoms with Crippen LogP contribution in [0.5, 0.6) is 0 Å². The summed E-state index contributed by atoms with van der Waals surface area (Å²) in [7, 11) is 0. The lowest BCUT2D eigenvalue weighted by molar-refractivity contribution is 0.319. The number of thiophene rings is 1. The molecule has 1 aromatic heterocycles. The minimum atomic E-state index is 0.138. The highest BCUT2D eigenvalue weighted by Gasteiger charge is 2.20. The monoisotopic (exact) mass is 198 g/mol. The topological polar surface area (TPSA) is 52.0 Å². The maximum absolute atomic E-state index is 6.06. The van der Waals surface area contributed by atoms with E-state index in [0.717, 1.165) is 6.42 Å². The van der Waals surface area contributed by atoms with Crippen LogP contribution in [0.25, 0.3) is 0 Å². The van der Waals surface area contributed by atoms with E-state index in [4.69, 9.17) is 11.5 Å². The molecule has 13 heavy (non-hydrogen) atoms. The molecule has 0 aromatic carbocycles. The van der Waals surface area contributed by atoms with Crippen LogP contribution in [-0.2, 0) is 0 Å². The lowest BCUT2D eigenvalue weighted by Gasteiger charge is -2.25. The van der Waals surface area contributed by atoms with Crippen LogP contribution >= 0.6 is 11.3 Å². The second-order valence-corrected chi connectivity index (χ2v) is 5.17. The van der Waals surface area contributed by atoms with Gasteiger partial charge in [-0.15, -0.1) is 11.3 Å². The normalized spacial score (nSPS) is 14.5. The number of hydrogen-bond acceptors (Lipinski definition) is 3. The third-order valence-electron chi connectivity index (χ3n) is 2.23. The Bertz CT molecular complexity index is 241. The first-order valence-electron chi connectivity index (χ1n) is 4.54. The van der Waals surface area contributed by atoms with Crippen LogP contribution in [0.15, 0.2) is 17.5 Å². The molecule has 1 atom stereocenters. The summed E-state index contributed by atoms with van der Waals surface area (Å²) in [6.45, 7) is 4.99. The summed E-state index contributed by atoms with van der Waals surface area (Å²) in [4.78, 5) is 1.25. The highest BCUT2D eigenvalue weighted by Crippen LogP contribution is 2.29. The van der Waals surface area contributed by atoms with Crippen molar-refractivity contribution in [3.63, 3.8) is 0 Å². The Morgan fingerprint density at radius 2 is 2.23 bits per heavy atom. The fraction of sp³-hybridized carbons (Fsp3) is 0.600. The molecule has 0 fully saturated rings. The number of hydrogen-bond donors (Lipinski definition) is 2. The van der Waals surface area contributed by atoms with Gasteiger partial charge < -0.3 is 11.5 Å². The molecule has 0 spiro atoms. The van der Waals surface area contributed by atoms with Crippen LogP contribution in [0.4, 0.5) is 0 Å². The Kier molecular flexibility index (Phi) is 3.47. The van der Waals surface area contributed by atoms with Crippen molar-refractivity contribution >= 4 is 11.3 Å². The summed E-state index contributed by atoms with van der Waals surface area (Å²) in [6, 6.07) is 4.26. The summed E-state index contributed by atoms with van der Waals surface area (Å²) in [5.74, 6) is 0. The van der Waals surface area contributed by atoms with Gasteiger partial charge in [-0.3, -0.25) is 0 Å². The largest absolute Gasteiger partial charge is 0.330 e. The summed E-state index contributed by atoms with van der Waals surface area (Å²) in [6.07, 6.45) is 0.948. The molecule has 0 aliphatic carbocycles. The molecule has 0 aliphatic heterocycles. The minimum absolute atomic E-state index is 0.138. The van der Waals surface area contributed by atoms with Crippen molar-refractivity contribution < 1.29 is 0 Å². The molecular weight excluding hydrogens is 180 g/mol. The van der Waals surface area contributed by atoms with Gasteiger partial charge in [0.05, 0.1) is 0 Å². The quantitative estimate of drug-likeness (QED) is 0.778. The van der Waals surface area contributed by atoms with Gasteiger partial charge in [-0.25, -0.2) is 0 Å². The minimum Gasteiger partial charge on any atom is -0.330 e. The lowest BCUT2D eigenvalue weighted by Crippen LogP contribution is -2.28. The zero-order chi connectivity index (χ0) is 9.90. The molecule has 0 aliphatic rings. The van der Waals surface area contributed by atoms with Crippen LogP contribution < -0.4 is 11.5 Å². The standard InChI is InChI=1S/C10H18N2S/c1-10(2,7-11)6-8(12)9-4-3-5-13-9/h3-5,8H,6-7,11-12H2,1-2H3. The molecule has 0 amide bonds. The second-order valence-electron chi connectivity index (χ2n) is 4.19. The van der Waals surface area contributed by atoms with Crippen molar-refractivity contribution in [1.29, 1.82) is 0 Å². The number of rotatable bonds is 4. The smallest absolute Gasteiger partial charge is 0.0395 e. The van der Waals surface area contributed by atoms with Crippen molar-refractivity contribution in [2.45, 2.75) is 26.3 Å². The summed E-state index contributed by atoms with van der Waals surface area (Å²) < 4.78 is 0. The van der Waals surface area contributed by atoms with E-state index in [9.17, 15) is 0 Å². The summed E-state index contributed by atoms with van der Waals surface area (Å²) >= 11 is 1.72. The fourth-order valence-electron chi connectivity index (χ4n) is 1.28. The van der Waals surface area contributed by atoms with E-state index in [0.29, 0.717) is 6.54 Å². The Balaban J connectivity index is 2.56. The van der Waals surface area contributed by atoms with E-state index in [1.165, 1.54) is 4.88 Å². The van der Waals surface area contributed by atoms with Gasteiger partial charge in [0.1, 0.15) is 0 Å². The third kappa shape index (κ3) is 3.10. The molecule has 4 N–H and O–H groups in total. The van der Waals surface area contributed by atoms with Crippen LogP contribution in [0, 0.1) is 5.41 Å². The molecule has 0 bridgehead atoms. The van der Waals surface area contributed by atoms with Crippen molar-refractivity contribution in [3.8, 4) is 0 Å². The van der Waals surface area contributed by atoms with Gasteiger partial charge in [0.25, 0.3) is 0 Å². The first-order chi connectivity index (χ1) is 6.05. The van der Waals surface area contributed by atoms with E-state index in [-0.39, 0.29) is 11.5 Å². The van der Waals surface area contributed by atoms with Crippen molar-refractivity contribution in [2.75, 3.05) is 6.54 Å². The van der Waals surface area contributed by atoms with Gasteiger partial charge in [0.2, 0.25) is 0 Å². The SMILES string of the molecule is CC(C)(CN)CC(N)c1cccs1. The van der Waals surface area contributed by atoms with Gasteiger partial charge in [-0.1, -0.05) is 19.9 Å². The molecule has 1 unspecified atom stereocenters. The first-order valence-corrected chi connectivity index (χ1v) is 5.42. The average molecular weight is 198 g/mol. The zero-order valence-electron chi connectivity index (χ0n) is 8.29. The van der Waals surface area contributed by atoms with Crippen LogP contribution in [0.2, 0.25) is 0 Å². The Morgan fingerprint density at radius 3 is 2.69 bits per heavy atom. The molecule has 0 radical (unpaired) electrons. The maximum Gasteiger partial charge on any atom is 0.0395 e. The Morgan fingerprint density at radius 1 is 1.54 bits per heavy atom. The van der Waals surface area contributed by atoms with Gasteiger partial charge in [-0.05, 0) is 29.8 Å². The Hall–Kier alpha value is -0.380. The molecule has 1 heterocycles.